The molecule has 0 aliphatic carbocycles. The Morgan fingerprint density at radius 1 is 1.00 bits per heavy atom. The molecule has 1 heterocycles. The molecule has 1 N–H and O–H groups in total. The lowest BCUT2D eigenvalue weighted by Gasteiger charge is -2.30. The summed E-state index contributed by atoms with van der Waals surface area (Å²) in [7, 11) is -3.70. The SMILES string of the molecule is CC(C)NC(=O)[C@H](C)N(Cc1ccc(Cl)c(Cl)c1)C(=O)CCCN1c2cccc3cccc(c23)S1(=O)=O. The van der Waals surface area contributed by atoms with Crippen LogP contribution in [-0.4, -0.2) is 43.8 Å². The summed E-state index contributed by atoms with van der Waals surface area (Å²) in [6.07, 6.45) is 0.359. The maximum Gasteiger partial charge on any atom is 0.265 e. The van der Waals surface area contributed by atoms with E-state index in [0.29, 0.717) is 27.5 Å². The van der Waals surface area contributed by atoms with Crippen molar-refractivity contribution in [2.45, 2.75) is 57.1 Å². The van der Waals surface area contributed by atoms with Crippen LogP contribution < -0.4 is 9.62 Å². The van der Waals surface area contributed by atoms with Gasteiger partial charge in [-0.25, -0.2) is 8.42 Å². The first-order valence-electron chi connectivity index (χ1n) is 12.1. The summed E-state index contributed by atoms with van der Waals surface area (Å²) in [5.41, 5.74) is 1.36. The van der Waals surface area contributed by atoms with Gasteiger partial charge in [-0.15, -0.1) is 0 Å². The lowest BCUT2D eigenvalue weighted by Crippen LogP contribution is -2.49. The molecule has 0 bridgehead atoms. The zero-order valence-electron chi connectivity index (χ0n) is 20.9. The van der Waals surface area contributed by atoms with E-state index in [4.69, 9.17) is 23.2 Å². The molecule has 196 valence electrons. The molecule has 1 aliphatic heterocycles. The third-order valence-electron chi connectivity index (χ3n) is 6.37. The summed E-state index contributed by atoms with van der Waals surface area (Å²) >= 11 is 12.2. The fourth-order valence-electron chi connectivity index (χ4n) is 4.54. The third kappa shape index (κ3) is 5.56. The molecule has 0 radical (unpaired) electrons. The summed E-state index contributed by atoms with van der Waals surface area (Å²) in [4.78, 5) is 27.9. The number of anilines is 1. The summed E-state index contributed by atoms with van der Waals surface area (Å²) in [5.74, 6) is -0.530. The van der Waals surface area contributed by atoms with Crippen molar-refractivity contribution >= 4 is 61.5 Å². The molecule has 37 heavy (non-hydrogen) atoms. The Morgan fingerprint density at radius 2 is 1.70 bits per heavy atom. The molecule has 10 heteroatoms. The number of sulfonamides is 1. The molecular weight excluding hydrogens is 533 g/mol. The second-order valence-corrected chi connectivity index (χ2v) is 12.1. The second-order valence-electron chi connectivity index (χ2n) is 9.42. The molecule has 0 spiro atoms. The summed E-state index contributed by atoms with van der Waals surface area (Å²) in [6, 6.07) is 15.0. The molecule has 7 nitrogen and oxygen atoms in total. The van der Waals surface area contributed by atoms with Crippen LogP contribution in [0.4, 0.5) is 5.69 Å². The van der Waals surface area contributed by atoms with Gasteiger partial charge >= 0.3 is 0 Å². The van der Waals surface area contributed by atoms with Gasteiger partial charge in [0.2, 0.25) is 11.8 Å². The highest BCUT2D eigenvalue weighted by atomic mass is 35.5. The summed E-state index contributed by atoms with van der Waals surface area (Å²) in [6.45, 7) is 5.69. The Balaban J connectivity index is 1.51. The van der Waals surface area contributed by atoms with E-state index in [1.165, 1.54) is 9.21 Å². The number of nitrogens with one attached hydrogen (secondary N) is 1. The predicted molar refractivity (Wildman–Crippen MR) is 147 cm³/mol. The zero-order chi connectivity index (χ0) is 26.9. The number of amides is 2. The van der Waals surface area contributed by atoms with E-state index in [2.05, 4.69) is 5.32 Å². The third-order valence-corrected chi connectivity index (χ3v) is 8.96. The lowest BCUT2D eigenvalue weighted by atomic mass is 10.1. The monoisotopic (exact) mass is 561 g/mol. The number of carbonyl (C=O) groups excluding carboxylic acids is 2. The van der Waals surface area contributed by atoms with Crippen molar-refractivity contribution in [1.82, 2.24) is 10.2 Å². The van der Waals surface area contributed by atoms with Crippen molar-refractivity contribution in [2.24, 2.45) is 0 Å². The number of benzene rings is 3. The molecular formula is C27H29Cl2N3O4S. The van der Waals surface area contributed by atoms with Gasteiger partial charge in [-0.3, -0.25) is 13.9 Å². The van der Waals surface area contributed by atoms with Gasteiger partial charge in [0.05, 0.1) is 20.6 Å². The lowest BCUT2D eigenvalue weighted by molar-refractivity contribution is -0.140. The topological polar surface area (TPSA) is 86.8 Å². The van der Waals surface area contributed by atoms with Crippen molar-refractivity contribution in [1.29, 1.82) is 0 Å². The minimum absolute atomic E-state index is 0.0684. The quantitative estimate of drug-likeness (QED) is 0.380. The van der Waals surface area contributed by atoms with Gasteiger partial charge in [0.15, 0.2) is 0 Å². The maximum atomic E-state index is 13.4. The molecule has 0 saturated carbocycles. The van der Waals surface area contributed by atoms with Crippen LogP contribution in [0, 0.1) is 0 Å². The average Bonchev–Trinajstić information content (AvgIpc) is 3.07. The van der Waals surface area contributed by atoms with E-state index in [1.54, 1.807) is 43.3 Å². The van der Waals surface area contributed by atoms with Gasteiger partial charge in [0.1, 0.15) is 6.04 Å². The Hall–Kier alpha value is -2.81. The van der Waals surface area contributed by atoms with Crippen LogP contribution in [0.3, 0.4) is 0 Å². The van der Waals surface area contributed by atoms with Gasteiger partial charge in [0.25, 0.3) is 10.0 Å². The molecule has 3 aromatic rings. The number of carbonyl (C=O) groups is 2. The van der Waals surface area contributed by atoms with Gasteiger partial charge in [0, 0.05) is 30.9 Å². The normalized spacial score (nSPS) is 14.7. The first kappa shape index (κ1) is 27.2. The fourth-order valence-corrected chi connectivity index (χ4v) is 6.61. The highest BCUT2D eigenvalue weighted by Gasteiger charge is 2.35. The van der Waals surface area contributed by atoms with E-state index in [0.717, 1.165) is 10.9 Å². The van der Waals surface area contributed by atoms with Crippen LogP contribution in [0.1, 0.15) is 39.2 Å². The first-order chi connectivity index (χ1) is 17.5. The molecule has 0 saturated heterocycles. The molecule has 4 rings (SSSR count). The van der Waals surface area contributed by atoms with E-state index in [1.807, 2.05) is 32.0 Å². The highest BCUT2D eigenvalue weighted by molar-refractivity contribution is 7.93. The van der Waals surface area contributed by atoms with Crippen LogP contribution in [0.2, 0.25) is 10.0 Å². The smallest absolute Gasteiger partial charge is 0.265 e. The highest BCUT2D eigenvalue weighted by Crippen LogP contribution is 2.42. The van der Waals surface area contributed by atoms with Crippen LogP contribution in [-0.2, 0) is 26.2 Å². The molecule has 1 atom stereocenters. The Kier molecular flexibility index (Phi) is 8.02. The molecule has 3 aromatic carbocycles. The van der Waals surface area contributed by atoms with Crippen molar-refractivity contribution in [3.63, 3.8) is 0 Å². The van der Waals surface area contributed by atoms with Crippen LogP contribution in [0.15, 0.2) is 59.5 Å². The number of nitrogens with zero attached hydrogens (tertiary/aromatic N) is 2. The standard InChI is InChI=1S/C27H29Cl2N3O4S/c1-17(2)30-27(34)18(3)31(16-19-12-13-21(28)22(29)15-19)25(33)11-6-14-32-23-9-4-7-20-8-5-10-24(26(20)23)37(32,35)36/h4-5,7-10,12-13,15,17-18H,6,11,14,16H2,1-3H3,(H,30,34)/t18-/m0/s1. The van der Waals surface area contributed by atoms with Crippen LogP contribution >= 0.6 is 23.2 Å². The number of hydrogen-bond donors (Lipinski definition) is 1. The summed E-state index contributed by atoms with van der Waals surface area (Å²) < 4.78 is 27.8. The van der Waals surface area contributed by atoms with Crippen LogP contribution in [0.25, 0.3) is 10.8 Å². The van der Waals surface area contributed by atoms with E-state index in [9.17, 15) is 18.0 Å². The van der Waals surface area contributed by atoms with Crippen molar-refractivity contribution in [3.05, 3.63) is 70.2 Å². The van der Waals surface area contributed by atoms with E-state index in [-0.39, 0.29) is 42.3 Å². The summed E-state index contributed by atoms with van der Waals surface area (Å²) in [5, 5.41) is 5.17. The maximum absolute atomic E-state index is 13.4. The van der Waals surface area contributed by atoms with Crippen molar-refractivity contribution < 1.29 is 18.0 Å². The van der Waals surface area contributed by atoms with E-state index >= 15 is 0 Å². The minimum atomic E-state index is -3.70. The van der Waals surface area contributed by atoms with Gasteiger partial charge in [-0.2, -0.15) is 0 Å². The fraction of sp³-hybridized carbons (Fsp3) is 0.333. The predicted octanol–water partition coefficient (Wildman–Crippen LogP) is 5.38. The van der Waals surface area contributed by atoms with Gasteiger partial charge < -0.3 is 10.2 Å². The molecule has 0 aromatic heterocycles. The zero-order valence-corrected chi connectivity index (χ0v) is 23.2. The first-order valence-corrected chi connectivity index (χ1v) is 14.3. The van der Waals surface area contributed by atoms with Crippen LogP contribution in [0.5, 0.6) is 0 Å². The largest absolute Gasteiger partial charge is 0.352 e. The number of rotatable bonds is 9. The molecule has 1 aliphatic rings. The van der Waals surface area contributed by atoms with Crippen molar-refractivity contribution in [2.75, 3.05) is 10.8 Å². The van der Waals surface area contributed by atoms with Gasteiger partial charge in [-0.1, -0.05) is 53.5 Å². The van der Waals surface area contributed by atoms with E-state index < -0.39 is 16.1 Å². The average molecular weight is 563 g/mol. The van der Waals surface area contributed by atoms with Crippen molar-refractivity contribution in [3.8, 4) is 0 Å². The molecule has 2 amide bonds. The molecule has 0 fully saturated rings. The number of hydrogen-bond acceptors (Lipinski definition) is 4. The van der Waals surface area contributed by atoms with Gasteiger partial charge in [-0.05, 0) is 62.4 Å². The Bertz CT molecular complexity index is 1450. The molecule has 0 unspecified atom stereocenters. The number of halogens is 2. The Labute approximate surface area is 227 Å². The second kappa shape index (κ2) is 10.9. The Morgan fingerprint density at radius 3 is 2.38 bits per heavy atom. The minimum Gasteiger partial charge on any atom is -0.352 e.